The van der Waals surface area contributed by atoms with Crippen LogP contribution in [0.4, 0.5) is 0 Å². The first kappa shape index (κ1) is 10.3. The van der Waals surface area contributed by atoms with Gasteiger partial charge in [-0.25, -0.2) is 0 Å². The summed E-state index contributed by atoms with van der Waals surface area (Å²) in [4.78, 5) is 0. The summed E-state index contributed by atoms with van der Waals surface area (Å²) in [5, 5.41) is 9.85. The molecule has 0 aliphatic carbocycles. The quantitative estimate of drug-likeness (QED) is 0.818. The van der Waals surface area contributed by atoms with Crippen molar-refractivity contribution >= 4 is 11.3 Å². The van der Waals surface area contributed by atoms with Gasteiger partial charge in [0.2, 0.25) is 6.79 Å². The predicted molar refractivity (Wildman–Crippen MR) is 62.8 cm³/mol. The second-order valence-corrected chi connectivity index (χ2v) is 4.71. The van der Waals surface area contributed by atoms with Crippen molar-refractivity contribution in [3.05, 3.63) is 17.1 Å². The molecule has 1 aliphatic rings. The number of methoxy groups -OCH3 is 1. The smallest absolute Gasteiger partial charge is 0.231 e. The zero-order valence-corrected chi connectivity index (χ0v) is 10.2. The summed E-state index contributed by atoms with van der Waals surface area (Å²) in [5.41, 5.74) is 0.877. The highest BCUT2D eigenvalue weighted by Crippen LogP contribution is 2.42. The molecule has 0 amide bonds. The third kappa shape index (κ3) is 1.70. The number of hydrogen-bond acceptors (Lipinski definition) is 6. The Morgan fingerprint density at radius 3 is 2.65 bits per heavy atom. The fourth-order valence-corrected chi connectivity index (χ4v) is 2.38. The van der Waals surface area contributed by atoms with Crippen molar-refractivity contribution in [1.82, 2.24) is 10.2 Å². The molecule has 0 radical (unpaired) electrons. The van der Waals surface area contributed by atoms with Crippen LogP contribution in [0.3, 0.4) is 0 Å². The Hall–Kier alpha value is -1.82. The lowest BCUT2D eigenvalue weighted by Gasteiger charge is -2.06. The zero-order valence-electron chi connectivity index (χ0n) is 9.39. The molecule has 0 saturated heterocycles. The molecule has 0 N–H and O–H groups in total. The van der Waals surface area contributed by atoms with Crippen molar-refractivity contribution in [2.75, 3.05) is 13.9 Å². The van der Waals surface area contributed by atoms with E-state index in [1.807, 2.05) is 19.1 Å². The highest BCUT2D eigenvalue weighted by molar-refractivity contribution is 7.14. The van der Waals surface area contributed by atoms with Gasteiger partial charge in [-0.05, 0) is 13.0 Å². The van der Waals surface area contributed by atoms with Gasteiger partial charge in [-0.3, -0.25) is 0 Å². The molecule has 0 bridgehead atoms. The topological polar surface area (TPSA) is 53.5 Å². The monoisotopic (exact) mass is 250 g/mol. The Labute approximate surface area is 102 Å². The van der Waals surface area contributed by atoms with Crippen LogP contribution in [0.5, 0.6) is 17.2 Å². The van der Waals surface area contributed by atoms with E-state index in [2.05, 4.69) is 10.2 Å². The molecule has 5 nitrogen and oxygen atoms in total. The van der Waals surface area contributed by atoms with Crippen molar-refractivity contribution < 1.29 is 14.2 Å². The fourth-order valence-electron chi connectivity index (χ4n) is 1.66. The lowest BCUT2D eigenvalue weighted by atomic mass is 10.2. The summed E-state index contributed by atoms with van der Waals surface area (Å²) in [7, 11) is 1.62. The van der Waals surface area contributed by atoms with Crippen LogP contribution in [0.2, 0.25) is 0 Å². The molecule has 3 rings (SSSR count). The Kier molecular flexibility index (Phi) is 2.36. The van der Waals surface area contributed by atoms with Gasteiger partial charge in [0, 0.05) is 6.07 Å². The fraction of sp³-hybridized carbons (Fsp3) is 0.273. The number of fused-ring (bicyclic) bond motifs is 1. The van der Waals surface area contributed by atoms with E-state index in [-0.39, 0.29) is 6.79 Å². The first-order valence-corrected chi connectivity index (χ1v) is 5.87. The molecule has 1 aromatic carbocycles. The van der Waals surface area contributed by atoms with Crippen molar-refractivity contribution in [3.8, 4) is 27.8 Å². The Morgan fingerprint density at radius 1 is 1.24 bits per heavy atom. The number of rotatable bonds is 2. The molecule has 1 aliphatic heterocycles. The lowest BCUT2D eigenvalue weighted by molar-refractivity contribution is 0.174. The number of hydrogen-bond donors (Lipinski definition) is 0. The summed E-state index contributed by atoms with van der Waals surface area (Å²) in [5.74, 6) is 2.13. The van der Waals surface area contributed by atoms with Crippen LogP contribution in [0.25, 0.3) is 10.6 Å². The van der Waals surface area contributed by atoms with Gasteiger partial charge in [-0.1, -0.05) is 11.3 Å². The van der Waals surface area contributed by atoms with E-state index < -0.39 is 0 Å². The van der Waals surface area contributed by atoms with Gasteiger partial charge in [-0.15, -0.1) is 10.2 Å². The van der Waals surface area contributed by atoms with E-state index in [9.17, 15) is 0 Å². The minimum atomic E-state index is 0.247. The average Bonchev–Trinajstić information content (AvgIpc) is 2.94. The Balaban J connectivity index is 2.15. The maximum absolute atomic E-state index is 5.35. The number of nitrogens with zero attached hydrogens (tertiary/aromatic N) is 2. The van der Waals surface area contributed by atoms with Gasteiger partial charge in [0.05, 0.1) is 12.7 Å². The lowest BCUT2D eigenvalue weighted by Crippen LogP contribution is -1.92. The first-order valence-electron chi connectivity index (χ1n) is 5.06. The van der Waals surface area contributed by atoms with Crippen molar-refractivity contribution in [2.45, 2.75) is 6.92 Å². The zero-order chi connectivity index (χ0) is 11.8. The van der Waals surface area contributed by atoms with E-state index in [0.717, 1.165) is 15.6 Å². The van der Waals surface area contributed by atoms with Crippen LogP contribution < -0.4 is 14.2 Å². The molecule has 0 saturated carbocycles. The maximum Gasteiger partial charge on any atom is 0.231 e. The average molecular weight is 250 g/mol. The minimum Gasteiger partial charge on any atom is -0.496 e. The molecular formula is C11H10N2O3S. The largest absolute Gasteiger partial charge is 0.496 e. The van der Waals surface area contributed by atoms with Gasteiger partial charge >= 0.3 is 0 Å². The normalized spacial score (nSPS) is 12.8. The van der Waals surface area contributed by atoms with Crippen LogP contribution in [0, 0.1) is 6.92 Å². The van der Waals surface area contributed by atoms with Gasteiger partial charge in [-0.2, -0.15) is 0 Å². The second kappa shape index (κ2) is 3.89. The second-order valence-electron chi connectivity index (χ2n) is 3.53. The van der Waals surface area contributed by atoms with E-state index in [4.69, 9.17) is 14.2 Å². The molecule has 88 valence electrons. The summed E-state index contributed by atoms with van der Waals surface area (Å²) >= 11 is 1.52. The van der Waals surface area contributed by atoms with Crippen LogP contribution in [0.1, 0.15) is 5.01 Å². The highest BCUT2D eigenvalue weighted by atomic mass is 32.1. The molecule has 2 aromatic rings. The third-order valence-electron chi connectivity index (χ3n) is 2.45. The summed E-state index contributed by atoms with van der Waals surface area (Å²) < 4.78 is 16.0. The number of ether oxygens (including phenoxy) is 3. The molecule has 0 spiro atoms. The van der Waals surface area contributed by atoms with Gasteiger partial charge < -0.3 is 14.2 Å². The van der Waals surface area contributed by atoms with Crippen molar-refractivity contribution in [2.24, 2.45) is 0 Å². The number of aryl methyl sites for hydroxylation is 1. The molecular weight excluding hydrogens is 240 g/mol. The summed E-state index contributed by atoms with van der Waals surface area (Å²) in [6, 6.07) is 3.69. The predicted octanol–water partition coefficient (Wildman–Crippen LogP) is 2.25. The summed E-state index contributed by atoms with van der Waals surface area (Å²) in [6.45, 7) is 2.16. The molecule has 0 fully saturated rings. The van der Waals surface area contributed by atoms with Crippen molar-refractivity contribution in [1.29, 1.82) is 0 Å². The van der Waals surface area contributed by atoms with Crippen LogP contribution >= 0.6 is 11.3 Å². The SMILES string of the molecule is COc1cc2c(cc1-c1nnc(C)s1)OCO2. The van der Waals surface area contributed by atoms with Gasteiger partial charge in [0.1, 0.15) is 10.8 Å². The van der Waals surface area contributed by atoms with Gasteiger partial charge in [0.15, 0.2) is 16.5 Å². The summed E-state index contributed by atoms with van der Waals surface area (Å²) in [6.07, 6.45) is 0. The number of benzene rings is 1. The van der Waals surface area contributed by atoms with Crippen LogP contribution in [-0.4, -0.2) is 24.1 Å². The minimum absolute atomic E-state index is 0.247. The molecule has 17 heavy (non-hydrogen) atoms. The van der Waals surface area contributed by atoms with E-state index in [0.29, 0.717) is 17.2 Å². The molecule has 2 heterocycles. The van der Waals surface area contributed by atoms with E-state index >= 15 is 0 Å². The third-order valence-corrected chi connectivity index (χ3v) is 3.32. The Morgan fingerprint density at radius 2 is 2.00 bits per heavy atom. The number of aromatic nitrogens is 2. The molecule has 0 unspecified atom stereocenters. The first-order chi connectivity index (χ1) is 8.28. The van der Waals surface area contributed by atoms with Crippen LogP contribution in [-0.2, 0) is 0 Å². The standard InChI is InChI=1S/C11H10N2O3S/c1-6-12-13-11(17-6)7-3-9-10(16-5-15-9)4-8(7)14-2/h3-4H,5H2,1-2H3. The maximum atomic E-state index is 5.35. The van der Waals surface area contributed by atoms with E-state index in [1.54, 1.807) is 7.11 Å². The van der Waals surface area contributed by atoms with Crippen LogP contribution in [0.15, 0.2) is 12.1 Å². The highest BCUT2D eigenvalue weighted by Gasteiger charge is 2.20. The Bertz CT molecular complexity index is 568. The molecule has 0 atom stereocenters. The van der Waals surface area contributed by atoms with Gasteiger partial charge in [0.25, 0.3) is 0 Å². The van der Waals surface area contributed by atoms with E-state index in [1.165, 1.54) is 11.3 Å². The molecule has 6 heteroatoms. The molecule has 1 aromatic heterocycles. The van der Waals surface area contributed by atoms with Crippen molar-refractivity contribution in [3.63, 3.8) is 0 Å².